The number of amides is 4. The highest BCUT2D eigenvalue weighted by Crippen LogP contribution is 2.32. The zero-order valence-corrected chi connectivity index (χ0v) is 33.7. The maximum Gasteiger partial charge on any atom is 0.264 e. The van der Waals surface area contributed by atoms with Gasteiger partial charge in [0.15, 0.2) is 11.5 Å². The molecule has 61 heavy (non-hydrogen) atoms. The van der Waals surface area contributed by atoms with Crippen LogP contribution in [0.4, 0.5) is 28.7 Å². The number of imidazole rings is 1. The van der Waals surface area contributed by atoms with E-state index >= 15 is 0 Å². The number of rotatable bonds is 15. The van der Waals surface area contributed by atoms with Crippen molar-refractivity contribution in [3.63, 3.8) is 0 Å². The number of fused-ring (bicyclic) bond motifs is 2. The van der Waals surface area contributed by atoms with Crippen LogP contribution in [-0.4, -0.2) is 135 Å². The first kappa shape index (κ1) is 42.1. The predicted molar refractivity (Wildman–Crippen MR) is 229 cm³/mol. The number of hydrogen-bond acceptors (Lipinski definition) is 17. The lowest BCUT2D eigenvalue weighted by Gasteiger charge is -2.35. The van der Waals surface area contributed by atoms with Crippen molar-refractivity contribution in [2.75, 3.05) is 87.3 Å². The summed E-state index contributed by atoms with van der Waals surface area (Å²) in [7, 11) is 1.50. The predicted octanol–water partition coefficient (Wildman–Crippen LogP) is 1.43. The van der Waals surface area contributed by atoms with Crippen molar-refractivity contribution in [2.45, 2.75) is 18.9 Å². The third-order valence-electron chi connectivity index (χ3n) is 10.3. The first-order valence-corrected chi connectivity index (χ1v) is 19.9. The molecule has 3 aliphatic heterocycles. The molecule has 4 amide bonds. The fourth-order valence-corrected chi connectivity index (χ4v) is 7.32. The van der Waals surface area contributed by atoms with Crippen LogP contribution < -0.4 is 38.2 Å². The number of nitrogen functional groups attached to an aromatic ring is 1. The molecule has 20 nitrogen and oxygen atoms in total. The molecule has 3 aromatic heterocycles. The minimum atomic E-state index is -1.02. The smallest absolute Gasteiger partial charge is 0.264 e. The molecule has 2 saturated heterocycles. The molecule has 1 unspecified atom stereocenters. The van der Waals surface area contributed by atoms with Gasteiger partial charge in [-0.3, -0.25) is 39.3 Å². The van der Waals surface area contributed by atoms with E-state index in [4.69, 9.17) is 21.3 Å². The summed E-state index contributed by atoms with van der Waals surface area (Å²) in [6.45, 7) is 5.96. The molecular formula is C41H49N15O5. The Bertz CT molecular complexity index is 2400. The third-order valence-corrected chi connectivity index (χ3v) is 10.3. The van der Waals surface area contributed by atoms with Gasteiger partial charge in [-0.15, -0.1) is 0 Å². The number of nitrogens with zero attached hydrogens (tertiary/aromatic N) is 9. The average Bonchev–Trinajstić information content (AvgIpc) is 3.85. The SMILES string of the molecule is CN.Nc1cncc(-c2cn3ccnc3c(Nc3ccc(N4CCN(C/C=C/N(N)CCOCCNc5cccc6c5C(=O)N(C5CCC(=O)NC5=O)C6=O)CC4)cc3)n2)n1. The lowest BCUT2D eigenvalue weighted by atomic mass is 10.0. The van der Waals surface area contributed by atoms with Crippen LogP contribution in [0.1, 0.15) is 33.6 Å². The molecule has 0 spiro atoms. The van der Waals surface area contributed by atoms with Crippen LogP contribution in [0.25, 0.3) is 17.0 Å². The van der Waals surface area contributed by atoms with Gasteiger partial charge in [0, 0.05) is 87.5 Å². The van der Waals surface area contributed by atoms with Crippen LogP contribution in [-0.2, 0) is 14.3 Å². The maximum absolute atomic E-state index is 13.3. The Kier molecular flexibility index (Phi) is 13.4. The van der Waals surface area contributed by atoms with E-state index in [1.807, 2.05) is 41.2 Å². The zero-order valence-electron chi connectivity index (χ0n) is 33.7. The monoisotopic (exact) mass is 831 g/mol. The van der Waals surface area contributed by atoms with Crippen molar-refractivity contribution in [3.8, 4) is 11.4 Å². The Morgan fingerprint density at radius 3 is 2.54 bits per heavy atom. The molecule has 6 heterocycles. The number of nitrogens with two attached hydrogens (primary N) is 3. The van der Waals surface area contributed by atoms with E-state index in [1.54, 1.807) is 35.6 Å². The number of nitrogens with one attached hydrogen (secondary N) is 3. The molecule has 0 aliphatic carbocycles. The fraction of sp³-hybridized carbons (Fsp3) is 0.317. The molecule has 3 aliphatic rings. The Labute approximate surface area is 351 Å². The van der Waals surface area contributed by atoms with Crippen molar-refractivity contribution >= 4 is 58.0 Å². The van der Waals surface area contributed by atoms with E-state index in [2.05, 4.69) is 58.6 Å². The summed E-state index contributed by atoms with van der Waals surface area (Å²) in [5, 5.41) is 10.4. The topological polar surface area (TPSA) is 261 Å². The van der Waals surface area contributed by atoms with Crippen molar-refractivity contribution in [2.24, 2.45) is 11.6 Å². The molecule has 5 aromatic rings. The van der Waals surface area contributed by atoms with Crippen LogP contribution in [0.5, 0.6) is 0 Å². The molecule has 20 heteroatoms. The number of piperazine rings is 1. The van der Waals surface area contributed by atoms with Gasteiger partial charge in [-0.05, 0) is 49.9 Å². The maximum atomic E-state index is 13.3. The Balaban J connectivity index is 0.00000277. The van der Waals surface area contributed by atoms with Crippen LogP contribution in [0, 0.1) is 0 Å². The summed E-state index contributed by atoms with van der Waals surface area (Å²) in [5.41, 5.74) is 15.2. The summed E-state index contributed by atoms with van der Waals surface area (Å²) in [6, 6.07) is 12.2. The average molecular weight is 832 g/mol. The van der Waals surface area contributed by atoms with Gasteiger partial charge in [-0.2, -0.15) is 0 Å². The van der Waals surface area contributed by atoms with E-state index in [0.717, 1.165) is 49.0 Å². The number of imide groups is 2. The molecular weight excluding hydrogens is 783 g/mol. The quantitative estimate of drug-likeness (QED) is 0.0377. The van der Waals surface area contributed by atoms with Crippen LogP contribution >= 0.6 is 0 Å². The van der Waals surface area contributed by atoms with Gasteiger partial charge in [0.05, 0.1) is 43.3 Å². The second-order valence-electron chi connectivity index (χ2n) is 14.3. The van der Waals surface area contributed by atoms with Gasteiger partial charge >= 0.3 is 0 Å². The number of carbonyl (C=O) groups excluding carboxylic acids is 4. The number of benzene rings is 2. The number of aromatic nitrogens is 5. The molecule has 318 valence electrons. The number of carbonyl (C=O) groups is 4. The lowest BCUT2D eigenvalue weighted by molar-refractivity contribution is -0.136. The Morgan fingerprint density at radius 1 is 0.967 bits per heavy atom. The highest BCUT2D eigenvalue weighted by molar-refractivity contribution is 6.25. The molecule has 9 N–H and O–H groups in total. The molecule has 0 radical (unpaired) electrons. The minimum Gasteiger partial charge on any atom is -0.382 e. The van der Waals surface area contributed by atoms with E-state index in [0.29, 0.717) is 60.7 Å². The highest BCUT2D eigenvalue weighted by Gasteiger charge is 2.45. The number of hydrogen-bond donors (Lipinski definition) is 6. The van der Waals surface area contributed by atoms with Crippen molar-refractivity contribution in [3.05, 3.63) is 96.9 Å². The van der Waals surface area contributed by atoms with Crippen LogP contribution in [0.15, 0.2) is 85.7 Å². The summed E-state index contributed by atoms with van der Waals surface area (Å²) in [4.78, 5) is 73.8. The number of piperidine rings is 1. The van der Waals surface area contributed by atoms with Gasteiger partial charge in [0.2, 0.25) is 11.8 Å². The molecule has 2 fully saturated rings. The fourth-order valence-electron chi connectivity index (χ4n) is 7.32. The van der Waals surface area contributed by atoms with Gasteiger partial charge in [-0.1, -0.05) is 12.1 Å². The molecule has 2 aromatic carbocycles. The standard InChI is InChI=1S/C40H44N14O5.CH5N/c41-33-24-43-23-30(47-33)31-25-52-15-11-45-37(52)36(48-31)46-26-5-7-27(8-6-26)51-18-16-50(17-19-51)13-2-14-53(42)20-22-59-21-12-44-29-4-1-3-28-35(29)40(58)54(39(28)57)32-9-10-34(55)49-38(32)56;1-2/h1-8,11,14-15,23-25,32,44H,9-10,12-13,16-22,42H2,(H2,41,47)(H,46,48)(H,49,55,56);2H2,1H3/b14-2+;. The summed E-state index contributed by atoms with van der Waals surface area (Å²) < 4.78 is 7.65. The Morgan fingerprint density at radius 2 is 1.77 bits per heavy atom. The highest BCUT2D eigenvalue weighted by atomic mass is 16.5. The van der Waals surface area contributed by atoms with Gasteiger partial charge < -0.3 is 41.1 Å². The van der Waals surface area contributed by atoms with E-state index < -0.39 is 29.7 Å². The van der Waals surface area contributed by atoms with Gasteiger partial charge in [0.25, 0.3) is 11.8 Å². The number of hydrazine groups is 1. The van der Waals surface area contributed by atoms with E-state index in [-0.39, 0.29) is 24.0 Å². The van der Waals surface area contributed by atoms with Crippen LogP contribution in [0.3, 0.4) is 0 Å². The van der Waals surface area contributed by atoms with E-state index in [9.17, 15) is 19.2 Å². The summed E-state index contributed by atoms with van der Waals surface area (Å²) in [6.07, 6.45) is 12.6. The first-order valence-electron chi connectivity index (χ1n) is 19.9. The van der Waals surface area contributed by atoms with Crippen molar-refractivity contribution in [1.82, 2.24) is 44.5 Å². The molecule has 0 saturated carbocycles. The summed E-state index contributed by atoms with van der Waals surface area (Å²) in [5.74, 6) is 4.93. The van der Waals surface area contributed by atoms with E-state index in [1.165, 1.54) is 13.2 Å². The third kappa shape index (κ3) is 9.73. The largest absolute Gasteiger partial charge is 0.382 e. The second-order valence-corrected chi connectivity index (χ2v) is 14.3. The van der Waals surface area contributed by atoms with Crippen molar-refractivity contribution in [1.29, 1.82) is 0 Å². The zero-order chi connectivity index (χ0) is 42.9. The molecule has 1 atom stereocenters. The number of ether oxygens (including phenoxy) is 1. The second kappa shape index (κ2) is 19.4. The normalized spacial score (nSPS) is 16.7. The minimum absolute atomic E-state index is 0.0640. The summed E-state index contributed by atoms with van der Waals surface area (Å²) >= 11 is 0. The lowest BCUT2D eigenvalue weighted by Crippen LogP contribution is -2.54. The molecule has 0 bridgehead atoms. The van der Waals surface area contributed by atoms with Gasteiger partial charge in [-0.25, -0.2) is 20.8 Å². The molecule has 8 rings (SSSR count). The van der Waals surface area contributed by atoms with Crippen molar-refractivity contribution < 1.29 is 23.9 Å². The number of anilines is 5. The Hall–Kier alpha value is -7.00. The first-order chi connectivity index (χ1) is 29.7. The van der Waals surface area contributed by atoms with Crippen LogP contribution in [0.2, 0.25) is 0 Å². The van der Waals surface area contributed by atoms with Gasteiger partial charge in [0.1, 0.15) is 23.2 Å².